The van der Waals surface area contributed by atoms with Crippen molar-refractivity contribution in [3.63, 3.8) is 0 Å². The number of hydrogen-bond acceptors (Lipinski definition) is 2. The van der Waals surface area contributed by atoms with Crippen LogP contribution >= 0.6 is 15.9 Å². The molecule has 1 atom stereocenters. The Morgan fingerprint density at radius 2 is 2.05 bits per heavy atom. The highest BCUT2D eigenvalue weighted by molar-refractivity contribution is 9.09. The fourth-order valence-corrected chi connectivity index (χ4v) is 2.23. The molecule has 106 valence electrons. The first-order chi connectivity index (χ1) is 9.11. The second-order valence-corrected chi connectivity index (χ2v) is 5.97. The van der Waals surface area contributed by atoms with Crippen LogP contribution in [-0.4, -0.2) is 31.0 Å². The predicted molar refractivity (Wildman–Crippen MR) is 81.7 cm³/mol. The van der Waals surface area contributed by atoms with Crippen molar-refractivity contribution in [2.75, 3.05) is 20.3 Å². The Morgan fingerprint density at radius 1 is 1.37 bits per heavy atom. The van der Waals surface area contributed by atoms with Gasteiger partial charge in [-0.05, 0) is 25.3 Å². The van der Waals surface area contributed by atoms with E-state index in [1.807, 2.05) is 0 Å². The predicted octanol–water partition coefficient (Wildman–Crippen LogP) is 2.84. The van der Waals surface area contributed by atoms with Crippen molar-refractivity contribution in [3.05, 3.63) is 35.4 Å². The number of aryl methyl sites for hydroxylation is 2. The fourth-order valence-electron chi connectivity index (χ4n) is 1.73. The summed E-state index contributed by atoms with van der Waals surface area (Å²) in [5, 5.41) is 2.93. The molecule has 0 heterocycles. The standard InChI is InChI=1S/C15H22BrNO2/c1-12-3-5-13(6-4-12)7-8-15(18)17-10-9-14(16)11-19-2/h3-6,14H,7-11H2,1-2H3,(H,17,18). The summed E-state index contributed by atoms with van der Waals surface area (Å²) in [5.74, 6) is 0.109. The van der Waals surface area contributed by atoms with E-state index in [-0.39, 0.29) is 5.91 Å². The van der Waals surface area contributed by atoms with E-state index in [0.29, 0.717) is 24.4 Å². The van der Waals surface area contributed by atoms with Gasteiger partial charge in [-0.2, -0.15) is 0 Å². The molecule has 19 heavy (non-hydrogen) atoms. The second kappa shape index (κ2) is 9.10. The largest absolute Gasteiger partial charge is 0.384 e. The van der Waals surface area contributed by atoms with Crippen LogP contribution in [0.15, 0.2) is 24.3 Å². The molecule has 0 aliphatic heterocycles. The molecule has 0 fully saturated rings. The van der Waals surface area contributed by atoms with Gasteiger partial charge in [0.15, 0.2) is 0 Å². The smallest absolute Gasteiger partial charge is 0.220 e. The average Bonchev–Trinajstić information content (AvgIpc) is 2.38. The zero-order valence-electron chi connectivity index (χ0n) is 11.6. The van der Waals surface area contributed by atoms with E-state index in [9.17, 15) is 4.79 Å². The number of hydrogen-bond donors (Lipinski definition) is 1. The summed E-state index contributed by atoms with van der Waals surface area (Å²) in [6.45, 7) is 3.42. The Balaban J connectivity index is 2.16. The Kier molecular flexibility index (Phi) is 7.75. The van der Waals surface area contributed by atoms with Crippen LogP contribution in [0.4, 0.5) is 0 Å². The number of halogens is 1. The monoisotopic (exact) mass is 327 g/mol. The first kappa shape index (κ1) is 16.2. The minimum absolute atomic E-state index is 0.109. The number of benzene rings is 1. The summed E-state index contributed by atoms with van der Waals surface area (Å²) in [6.07, 6.45) is 2.21. The zero-order chi connectivity index (χ0) is 14.1. The van der Waals surface area contributed by atoms with E-state index in [4.69, 9.17) is 4.74 Å². The van der Waals surface area contributed by atoms with Crippen molar-refractivity contribution in [1.82, 2.24) is 5.32 Å². The molecule has 0 aromatic heterocycles. The molecule has 1 aromatic carbocycles. The van der Waals surface area contributed by atoms with Gasteiger partial charge in [-0.1, -0.05) is 45.8 Å². The van der Waals surface area contributed by atoms with Crippen molar-refractivity contribution in [2.45, 2.75) is 31.0 Å². The van der Waals surface area contributed by atoms with Gasteiger partial charge in [0.25, 0.3) is 0 Å². The van der Waals surface area contributed by atoms with Gasteiger partial charge in [0, 0.05) is 24.9 Å². The number of alkyl halides is 1. The van der Waals surface area contributed by atoms with Crippen LogP contribution in [0, 0.1) is 6.92 Å². The lowest BCUT2D eigenvalue weighted by atomic mass is 10.1. The topological polar surface area (TPSA) is 38.3 Å². The van der Waals surface area contributed by atoms with Crippen molar-refractivity contribution in [3.8, 4) is 0 Å². The van der Waals surface area contributed by atoms with Gasteiger partial charge >= 0.3 is 0 Å². The molecule has 3 nitrogen and oxygen atoms in total. The van der Waals surface area contributed by atoms with Gasteiger partial charge in [-0.15, -0.1) is 0 Å². The van der Waals surface area contributed by atoms with Crippen LogP contribution in [0.1, 0.15) is 24.0 Å². The molecule has 0 saturated heterocycles. The molecule has 0 aliphatic rings. The maximum atomic E-state index is 11.7. The summed E-state index contributed by atoms with van der Waals surface area (Å²) in [6, 6.07) is 8.31. The van der Waals surface area contributed by atoms with E-state index in [1.165, 1.54) is 11.1 Å². The fraction of sp³-hybridized carbons (Fsp3) is 0.533. The SMILES string of the molecule is COCC(Br)CCNC(=O)CCc1ccc(C)cc1. The second-order valence-electron chi connectivity index (χ2n) is 4.68. The molecule has 0 saturated carbocycles. The Hall–Kier alpha value is -0.870. The van der Waals surface area contributed by atoms with Gasteiger partial charge in [-0.3, -0.25) is 4.79 Å². The molecule has 1 rings (SSSR count). The lowest BCUT2D eigenvalue weighted by molar-refractivity contribution is -0.121. The van der Waals surface area contributed by atoms with Crippen LogP contribution in [0.3, 0.4) is 0 Å². The van der Waals surface area contributed by atoms with Crippen LogP contribution in [0.5, 0.6) is 0 Å². The third-order valence-corrected chi connectivity index (χ3v) is 3.61. The van der Waals surface area contributed by atoms with Crippen molar-refractivity contribution >= 4 is 21.8 Å². The Morgan fingerprint density at radius 3 is 2.68 bits per heavy atom. The molecule has 4 heteroatoms. The highest BCUT2D eigenvalue weighted by Gasteiger charge is 2.05. The van der Waals surface area contributed by atoms with Crippen LogP contribution in [-0.2, 0) is 16.0 Å². The maximum absolute atomic E-state index is 11.7. The minimum Gasteiger partial charge on any atom is -0.384 e. The minimum atomic E-state index is 0.109. The van der Waals surface area contributed by atoms with Gasteiger partial charge in [0.1, 0.15) is 0 Å². The Labute approximate surface area is 123 Å². The van der Waals surface area contributed by atoms with Crippen LogP contribution in [0.25, 0.3) is 0 Å². The average molecular weight is 328 g/mol. The van der Waals surface area contributed by atoms with E-state index < -0.39 is 0 Å². The number of ether oxygens (including phenoxy) is 1. The van der Waals surface area contributed by atoms with Gasteiger partial charge in [0.2, 0.25) is 5.91 Å². The molecular weight excluding hydrogens is 306 g/mol. The number of carbonyl (C=O) groups is 1. The third-order valence-electron chi connectivity index (χ3n) is 2.89. The first-order valence-electron chi connectivity index (χ1n) is 6.57. The number of methoxy groups -OCH3 is 1. The van der Waals surface area contributed by atoms with Crippen LogP contribution in [0.2, 0.25) is 0 Å². The van der Waals surface area contributed by atoms with E-state index in [0.717, 1.165) is 12.8 Å². The molecule has 1 aromatic rings. The number of rotatable bonds is 8. The molecule has 1 unspecified atom stereocenters. The number of carbonyl (C=O) groups excluding carboxylic acids is 1. The maximum Gasteiger partial charge on any atom is 0.220 e. The number of amides is 1. The normalized spacial score (nSPS) is 12.2. The summed E-state index contributed by atoms with van der Waals surface area (Å²) < 4.78 is 5.02. The third kappa shape index (κ3) is 7.33. The quantitative estimate of drug-likeness (QED) is 0.745. The van der Waals surface area contributed by atoms with Gasteiger partial charge in [0.05, 0.1) is 6.61 Å². The van der Waals surface area contributed by atoms with E-state index in [1.54, 1.807) is 7.11 Å². The highest BCUT2D eigenvalue weighted by Crippen LogP contribution is 2.06. The van der Waals surface area contributed by atoms with Crippen LogP contribution < -0.4 is 5.32 Å². The van der Waals surface area contributed by atoms with Gasteiger partial charge in [-0.25, -0.2) is 0 Å². The lowest BCUT2D eigenvalue weighted by Crippen LogP contribution is -2.27. The van der Waals surface area contributed by atoms with E-state index in [2.05, 4.69) is 52.4 Å². The first-order valence-corrected chi connectivity index (χ1v) is 7.48. The molecule has 1 amide bonds. The lowest BCUT2D eigenvalue weighted by Gasteiger charge is -2.09. The molecule has 1 N–H and O–H groups in total. The molecular formula is C15H22BrNO2. The van der Waals surface area contributed by atoms with Crippen molar-refractivity contribution in [2.24, 2.45) is 0 Å². The molecule has 0 bridgehead atoms. The molecule has 0 aliphatic carbocycles. The summed E-state index contributed by atoms with van der Waals surface area (Å²) in [7, 11) is 1.68. The molecule has 0 radical (unpaired) electrons. The van der Waals surface area contributed by atoms with E-state index >= 15 is 0 Å². The highest BCUT2D eigenvalue weighted by atomic mass is 79.9. The Bertz CT molecular complexity index is 378. The van der Waals surface area contributed by atoms with Gasteiger partial charge < -0.3 is 10.1 Å². The van der Waals surface area contributed by atoms with Crippen molar-refractivity contribution < 1.29 is 9.53 Å². The summed E-state index contributed by atoms with van der Waals surface area (Å²) in [4.78, 5) is 12.0. The molecule has 0 spiro atoms. The summed E-state index contributed by atoms with van der Waals surface area (Å²) in [5.41, 5.74) is 2.45. The zero-order valence-corrected chi connectivity index (χ0v) is 13.2. The number of nitrogens with one attached hydrogen (secondary N) is 1. The summed E-state index contributed by atoms with van der Waals surface area (Å²) >= 11 is 3.49. The van der Waals surface area contributed by atoms with Crippen molar-refractivity contribution in [1.29, 1.82) is 0 Å².